The van der Waals surface area contributed by atoms with Gasteiger partial charge in [0.25, 0.3) is 12.4 Å². The highest BCUT2D eigenvalue weighted by Gasteiger charge is 2.63. The number of nitrogens with zero attached hydrogens (tertiary/aromatic N) is 2. The van der Waals surface area contributed by atoms with E-state index in [-0.39, 0.29) is 35.6 Å². The van der Waals surface area contributed by atoms with Crippen molar-refractivity contribution in [3.8, 4) is 0 Å². The average Bonchev–Trinajstić information content (AvgIpc) is 3.42. The molecule has 5 rings (SSSR count). The number of carbonyl (C=O) groups is 2. The second kappa shape index (κ2) is 8.63. The van der Waals surface area contributed by atoms with Gasteiger partial charge >= 0.3 is 0 Å². The first-order valence-electron chi connectivity index (χ1n) is 10.4. The molecule has 0 radical (unpaired) electrons. The molecule has 3 fully saturated rings. The van der Waals surface area contributed by atoms with Crippen LogP contribution < -0.4 is 10.2 Å². The summed E-state index contributed by atoms with van der Waals surface area (Å²) in [5.74, 6) is 0.752. The van der Waals surface area contributed by atoms with Gasteiger partial charge in [-0.25, -0.2) is 9.37 Å². The van der Waals surface area contributed by atoms with Crippen LogP contribution in [0.1, 0.15) is 28.8 Å². The highest BCUT2D eigenvalue weighted by molar-refractivity contribution is 5.94. The number of hydrogen-bond donors (Lipinski definition) is 2. The summed E-state index contributed by atoms with van der Waals surface area (Å²) in [5, 5.41) is 9.84. The van der Waals surface area contributed by atoms with E-state index in [9.17, 15) is 9.18 Å². The fraction of sp³-hybridized carbons (Fsp3) is 0.435. The number of aromatic nitrogens is 1. The number of fused-ring (bicyclic) bond motifs is 1. The summed E-state index contributed by atoms with van der Waals surface area (Å²) >= 11 is 0. The fourth-order valence-electron chi connectivity index (χ4n) is 5.28. The summed E-state index contributed by atoms with van der Waals surface area (Å²) in [6.07, 6.45) is 4.10. The third-order valence-electron chi connectivity index (χ3n) is 6.63. The molecule has 3 saturated heterocycles. The molecule has 1 spiro atoms. The summed E-state index contributed by atoms with van der Waals surface area (Å²) in [6.45, 7) is 4.07. The van der Waals surface area contributed by atoms with Crippen LogP contribution in [0.4, 0.5) is 10.2 Å². The smallest absolute Gasteiger partial charge is 0.290 e. The number of aryl methyl sites for hydroxylation is 1. The van der Waals surface area contributed by atoms with Gasteiger partial charge in [-0.1, -0.05) is 12.1 Å². The molecule has 1 aromatic heterocycles. The molecule has 4 atom stereocenters. The minimum Gasteiger partial charge on any atom is -0.483 e. The van der Waals surface area contributed by atoms with E-state index in [4.69, 9.17) is 14.6 Å². The number of nitrogens with one attached hydrogen (secondary N) is 1. The van der Waals surface area contributed by atoms with Crippen LogP contribution in [0.3, 0.4) is 0 Å². The van der Waals surface area contributed by atoms with Gasteiger partial charge in [0.1, 0.15) is 11.6 Å². The highest BCUT2D eigenvalue weighted by atomic mass is 19.1. The van der Waals surface area contributed by atoms with E-state index in [2.05, 4.69) is 28.2 Å². The normalized spacial score (nSPS) is 27.9. The highest BCUT2D eigenvalue weighted by Crippen LogP contribution is 2.55. The van der Waals surface area contributed by atoms with Crippen molar-refractivity contribution in [2.45, 2.75) is 31.5 Å². The SMILES string of the molecule is Cc1ccnc(N2C[C@@H]3[C@H](CNC(=O)c4ccccc4F)[C@H]4CC[C@]3(C2)O4)c1.O=CO. The minimum absolute atomic E-state index is 0.0956. The summed E-state index contributed by atoms with van der Waals surface area (Å²) in [7, 11) is 0. The van der Waals surface area contributed by atoms with Gasteiger partial charge in [0.05, 0.1) is 17.3 Å². The predicted molar refractivity (Wildman–Crippen MR) is 112 cm³/mol. The van der Waals surface area contributed by atoms with Crippen LogP contribution in [0.25, 0.3) is 0 Å². The van der Waals surface area contributed by atoms with Crippen molar-refractivity contribution < 1.29 is 23.8 Å². The maximum Gasteiger partial charge on any atom is 0.290 e. The zero-order chi connectivity index (χ0) is 22.0. The lowest BCUT2D eigenvalue weighted by molar-refractivity contribution is -0.122. The maximum atomic E-state index is 13.9. The van der Waals surface area contributed by atoms with E-state index in [1.165, 1.54) is 17.7 Å². The minimum atomic E-state index is -0.488. The summed E-state index contributed by atoms with van der Waals surface area (Å²) < 4.78 is 20.3. The maximum absolute atomic E-state index is 13.9. The average molecular weight is 427 g/mol. The van der Waals surface area contributed by atoms with Gasteiger partial charge in [-0.3, -0.25) is 9.59 Å². The lowest BCUT2D eigenvalue weighted by Crippen LogP contribution is -2.42. The first-order chi connectivity index (χ1) is 15.0. The van der Waals surface area contributed by atoms with E-state index in [0.29, 0.717) is 12.5 Å². The summed E-state index contributed by atoms with van der Waals surface area (Å²) in [6, 6.07) is 10.2. The molecule has 1 aromatic carbocycles. The molecular formula is C23H26FN3O4. The molecule has 2 N–H and O–H groups in total. The first-order valence-corrected chi connectivity index (χ1v) is 10.4. The Labute approximate surface area is 180 Å². The van der Waals surface area contributed by atoms with E-state index >= 15 is 0 Å². The van der Waals surface area contributed by atoms with Crippen molar-refractivity contribution in [3.05, 3.63) is 59.5 Å². The molecular weight excluding hydrogens is 401 g/mol. The third kappa shape index (κ3) is 3.99. The van der Waals surface area contributed by atoms with Crippen molar-refractivity contribution in [2.24, 2.45) is 11.8 Å². The van der Waals surface area contributed by atoms with Crippen molar-refractivity contribution in [2.75, 3.05) is 24.5 Å². The Morgan fingerprint density at radius 1 is 1.42 bits per heavy atom. The second-order valence-corrected chi connectivity index (χ2v) is 8.40. The van der Waals surface area contributed by atoms with Crippen LogP contribution in [0.2, 0.25) is 0 Å². The number of carbonyl (C=O) groups excluding carboxylic acids is 1. The molecule has 31 heavy (non-hydrogen) atoms. The summed E-state index contributed by atoms with van der Waals surface area (Å²) in [4.78, 5) is 27.6. The zero-order valence-corrected chi connectivity index (χ0v) is 17.3. The van der Waals surface area contributed by atoms with Gasteiger partial charge in [-0.2, -0.15) is 0 Å². The third-order valence-corrected chi connectivity index (χ3v) is 6.63. The Morgan fingerprint density at radius 3 is 2.94 bits per heavy atom. The molecule has 164 valence electrons. The van der Waals surface area contributed by atoms with Gasteiger partial charge in [0.2, 0.25) is 0 Å². The van der Waals surface area contributed by atoms with Crippen LogP contribution in [0, 0.1) is 24.6 Å². The first kappa shape index (κ1) is 21.2. The van der Waals surface area contributed by atoms with E-state index < -0.39 is 5.82 Å². The van der Waals surface area contributed by atoms with Crippen molar-refractivity contribution in [1.29, 1.82) is 0 Å². The summed E-state index contributed by atoms with van der Waals surface area (Å²) in [5.41, 5.74) is 1.15. The lowest BCUT2D eigenvalue weighted by atomic mass is 9.73. The van der Waals surface area contributed by atoms with Crippen molar-refractivity contribution in [1.82, 2.24) is 10.3 Å². The number of ether oxygens (including phenoxy) is 1. The van der Waals surface area contributed by atoms with Crippen LogP contribution in [-0.2, 0) is 9.53 Å². The monoisotopic (exact) mass is 427 g/mol. The van der Waals surface area contributed by atoms with Crippen molar-refractivity contribution >= 4 is 18.2 Å². The standard InChI is InChI=1S/C22H24FN3O2.CH2O2/c1-14-7-9-24-20(10-14)26-12-17-16(19-6-8-22(17,13-26)28-19)11-25-21(27)15-4-2-3-5-18(15)23;2-1-3/h2-5,7,9-10,16-17,19H,6,8,11-13H2,1H3,(H,25,27);1H,(H,2,3)/t16-,17+,19+,22+;/m0./s1. The molecule has 3 aliphatic heterocycles. The number of carboxylic acid groups (broad SMARTS) is 1. The second-order valence-electron chi connectivity index (χ2n) is 8.40. The van der Waals surface area contributed by atoms with Gasteiger partial charge < -0.3 is 20.1 Å². The quantitative estimate of drug-likeness (QED) is 0.729. The van der Waals surface area contributed by atoms with Crippen molar-refractivity contribution in [3.63, 3.8) is 0 Å². The molecule has 3 aliphatic rings. The molecule has 0 saturated carbocycles. The molecule has 2 bridgehead atoms. The Balaban J connectivity index is 0.000000730. The van der Waals surface area contributed by atoms with E-state index in [1.807, 2.05) is 12.3 Å². The van der Waals surface area contributed by atoms with Gasteiger partial charge in [-0.15, -0.1) is 0 Å². The van der Waals surface area contributed by atoms with Gasteiger partial charge in [0.15, 0.2) is 0 Å². The van der Waals surface area contributed by atoms with Crippen LogP contribution in [0.15, 0.2) is 42.6 Å². The number of amides is 1. The molecule has 7 nitrogen and oxygen atoms in total. The molecule has 0 aliphatic carbocycles. The van der Waals surface area contributed by atoms with Gasteiger partial charge in [0, 0.05) is 37.7 Å². The molecule has 8 heteroatoms. The Kier molecular flexibility index (Phi) is 5.91. The lowest BCUT2D eigenvalue weighted by Gasteiger charge is -2.29. The number of halogens is 1. The number of pyridine rings is 1. The molecule has 2 aromatic rings. The zero-order valence-electron chi connectivity index (χ0n) is 17.3. The van der Waals surface area contributed by atoms with Crippen LogP contribution >= 0.6 is 0 Å². The molecule has 4 heterocycles. The van der Waals surface area contributed by atoms with Crippen LogP contribution in [-0.4, -0.2) is 53.8 Å². The Bertz CT molecular complexity index is 971. The fourth-order valence-corrected chi connectivity index (χ4v) is 5.28. The number of rotatable bonds is 4. The topological polar surface area (TPSA) is 91.8 Å². The Morgan fingerprint density at radius 2 is 2.19 bits per heavy atom. The largest absolute Gasteiger partial charge is 0.483 e. The predicted octanol–water partition coefficient (Wildman–Crippen LogP) is 2.64. The van der Waals surface area contributed by atoms with E-state index in [0.717, 1.165) is 31.7 Å². The van der Waals surface area contributed by atoms with Crippen LogP contribution in [0.5, 0.6) is 0 Å². The number of anilines is 1. The van der Waals surface area contributed by atoms with Gasteiger partial charge in [-0.05, 0) is 49.6 Å². The Hall–Kier alpha value is -3.00. The molecule has 0 unspecified atom stereocenters. The number of benzene rings is 1. The molecule has 1 amide bonds. The number of hydrogen-bond acceptors (Lipinski definition) is 5. The van der Waals surface area contributed by atoms with E-state index in [1.54, 1.807) is 12.1 Å².